The quantitative estimate of drug-likeness (QED) is 0.0735. The lowest BCUT2D eigenvalue weighted by atomic mass is 9.97. The Hall–Kier alpha value is -6.37. The number of likely N-dealkylation sites (N-methyl/N-ethyl adjacent to an activating group) is 1. The molecule has 3 aromatic heterocycles. The zero-order valence-electron chi connectivity index (χ0n) is 34.1. The van der Waals surface area contributed by atoms with Crippen LogP contribution in [0.2, 0.25) is 5.02 Å². The van der Waals surface area contributed by atoms with Crippen molar-refractivity contribution in [2.75, 3.05) is 46.4 Å². The minimum atomic E-state index is -1.98. The lowest BCUT2D eigenvalue weighted by Gasteiger charge is -2.32. The second-order valence-corrected chi connectivity index (χ2v) is 17.5. The highest BCUT2D eigenvalue weighted by Gasteiger charge is 2.27. The van der Waals surface area contributed by atoms with Gasteiger partial charge < -0.3 is 28.4 Å². The van der Waals surface area contributed by atoms with Crippen LogP contribution >= 0.6 is 22.9 Å². The van der Waals surface area contributed by atoms with Gasteiger partial charge in [-0.3, -0.25) is 9.69 Å². The predicted octanol–water partition coefficient (Wildman–Crippen LogP) is 7.88. The fourth-order valence-electron chi connectivity index (χ4n) is 7.78. The van der Waals surface area contributed by atoms with E-state index in [1.54, 1.807) is 72.9 Å². The van der Waals surface area contributed by atoms with Crippen molar-refractivity contribution in [3.8, 4) is 28.8 Å². The minimum absolute atomic E-state index is 0.00886. The SMILES string of the molecule is CN1CCN(CCOc2ccc3c(c2Cl)c2cc(F)ccc2c2sc4ncnc(O[C@H](Cc5ccccc5OCc5ccnc(-c6cccc(S(=O)OC=O)c6)n5)C(=O)O)c4c32)CC1. The lowest BCUT2D eigenvalue weighted by molar-refractivity contribution is -0.145. The normalized spacial score (nSPS) is 14.5. The third kappa shape index (κ3) is 8.89. The maximum atomic E-state index is 15.0. The Morgan fingerprint density at radius 2 is 1.75 bits per heavy atom. The number of aliphatic carboxylic acids is 1. The van der Waals surface area contributed by atoms with Gasteiger partial charge in [-0.2, -0.15) is 0 Å². The summed E-state index contributed by atoms with van der Waals surface area (Å²) in [5.41, 5.74) is 1.62. The highest BCUT2D eigenvalue weighted by Crippen LogP contribution is 2.49. The third-order valence-electron chi connectivity index (χ3n) is 11.0. The van der Waals surface area contributed by atoms with E-state index in [4.69, 9.17) is 25.8 Å². The molecule has 0 bridgehead atoms. The zero-order chi connectivity index (χ0) is 44.3. The van der Waals surface area contributed by atoms with Crippen LogP contribution in [0.4, 0.5) is 4.39 Å². The van der Waals surface area contributed by atoms with Crippen LogP contribution in [0.15, 0.2) is 102 Å². The number of halogens is 2. The Balaban J connectivity index is 1.00. The van der Waals surface area contributed by atoms with E-state index >= 15 is 0 Å². The van der Waals surface area contributed by atoms with E-state index in [-0.39, 0.29) is 30.3 Å². The molecule has 326 valence electrons. The topological polar surface area (TPSA) is 166 Å². The average Bonchev–Trinajstić information content (AvgIpc) is 3.71. The van der Waals surface area contributed by atoms with Gasteiger partial charge in [-0.15, -0.1) is 11.3 Å². The van der Waals surface area contributed by atoms with E-state index in [0.717, 1.165) is 42.8 Å². The number of aromatic nitrogens is 4. The van der Waals surface area contributed by atoms with Crippen LogP contribution in [0.3, 0.4) is 0 Å². The molecule has 9 rings (SSSR count). The molecule has 8 aromatic rings. The maximum absolute atomic E-state index is 15.0. The number of carboxylic acid groups (broad SMARTS) is 1. The van der Waals surface area contributed by atoms with Crippen LogP contribution in [0.5, 0.6) is 17.4 Å². The predicted molar refractivity (Wildman–Crippen MR) is 242 cm³/mol. The summed E-state index contributed by atoms with van der Waals surface area (Å²) >= 11 is 6.57. The number of ether oxygens (including phenoxy) is 3. The van der Waals surface area contributed by atoms with Gasteiger partial charge in [-0.1, -0.05) is 48.0 Å². The Morgan fingerprint density at radius 1 is 0.922 bits per heavy atom. The van der Waals surface area contributed by atoms with E-state index in [1.165, 1.54) is 29.8 Å². The van der Waals surface area contributed by atoms with Gasteiger partial charge in [0.05, 0.1) is 21.0 Å². The molecular weight excluding hydrogens is 883 g/mol. The van der Waals surface area contributed by atoms with E-state index in [2.05, 4.69) is 41.0 Å². The Morgan fingerprint density at radius 3 is 2.58 bits per heavy atom. The van der Waals surface area contributed by atoms with Gasteiger partial charge in [0.1, 0.15) is 41.7 Å². The summed E-state index contributed by atoms with van der Waals surface area (Å²) in [7, 11) is 2.11. The van der Waals surface area contributed by atoms with Crippen LogP contribution < -0.4 is 14.2 Å². The van der Waals surface area contributed by atoms with E-state index in [9.17, 15) is 23.3 Å². The minimum Gasteiger partial charge on any atom is -0.491 e. The van der Waals surface area contributed by atoms with E-state index < -0.39 is 29.0 Å². The second-order valence-electron chi connectivity index (χ2n) is 15.0. The maximum Gasteiger partial charge on any atom is 0.345 e. The Bertz CT molecular complexity index is 3100. The fourth-order valence-corrected chi connectivity index (χ4v) is 9.89. The summed E-state index contributed by atoms with van der Waals surface area (Å²) in [5, 5.41) is 14.7. The first-order chi connectivity index (χ1) is 31.1. The number of hydrogen-bond donors (Lipinski definition) is 1. The molecule has 1 unspecified atom stereocenters. The van der Waals surface area contributed by atoms with Crippen LogP contribution in [-0.2, 0) is 37.9 Å². The van der Waals surface area contributed by atoms with E-state index in [1.807, 2.05) is 6.07 Å². The van der Waals surface area contributed by atoms with Gasteiger partial charge in [0.2, 0.25) is 23.1 Å². The Kier molecular flexibility index (Phi) is 12.6. The van der Waals surface area contributed by atoms with Crippen molar-refractivity contribution in [3.63, 3.8) is 0 Å². The molecule has 64 heavy (non-hydrogen) atoms. The monoisotopic (exact) mass is 920 g/mol. The highest BCUT2D eigenvalue weighted by molar-refractivity contribution is 7.80. The summed E-state index contributed by atoms with van der Waals surface area (Å²) in [5.74, 6) is -0.371. The molecule has 2 atom stereocenters. The third-order valence-corrected chi connectivity index (χ3v) is 13.4. The van der Waals surface area contributed by atoms with Crippen molar-refractivity contribution in [1.29, 1.82) is 0 Å². The van der Waals surface area contributed by atoms with Crippen molar-refractivity contribution < 1.29 is 41.7 Å². The second kappa shape index (κ2) is 18.8. The van der Waals surface area contributed by atoms with Gasteiger partial charge in [0.25, 0.3) is 0 Å². The lowest BCUT2D eigenvalue weighted by Crippen LogP contribution is -2.45. The summed E-state index contributed by atoms with van der Waals surface area (Å²) in [6.45, 7) is 5.16. The number of thiophene rings is 1. The molecule has 5 aromatic carbocycles. The van der Waals surface area contributed by atoms with Crippen molar-refractivity contribution in [1.82, 2.24) is 29.7 Å². The number of para-hydroxylation sites is 1. The number of fused-ring (bicyclic) bond motifs is 8. The average molecular weight is 921 g/mol. The van der Waals surface area contributed by atoms with Crippen molar-refractivity contribution in [2.45, 2.75) is 24.0 Å². The molecule has 1 aliphatic rings. The van der Waals surface area contributed by atoms with Gasteiger partial charge in [0, 0.05) is 71.8 Å². The molecule has 1 saturated heterocycles. The van der Waals surface area contributed by atoms with Crippen molar-refractivity contribution in [2.24, 2.45) is 0 Å². The highest BCUT2D eigenvalue weighted by atomic mass is 35.5. The molecule has 0 saturated carbocycles. The molecule has 1 fully saturated rings. The molecule has 0 spiro atoms. The number of carboxylic acids is 1. The van der Waals surface area contributed by atoms with Gasteiger partial charge in [-0.25, -0.2) is 33.3 Å². The molecule has 0 amide bonds. The van der Waals surface area contributed by atoms with Crippen molar-refractivity contribution >= 4 is 88.3 Å². The number of piperazine rings is 1. The summed E-state index contributed by atoms with van der Waals surface area (Å²) < 4.78 is 51.4. The molecule has 1 aliphatic heterocycles. The summed E-state index contributed by atoms with van der Waals surface area (Å²) in [6, 6.07) is 23.5. The van der Waals surface area contributed by atoms with Crippen LogP contribution in [0.1, 0.15) is 11.3 Å². The van der Waals surface area contributed by atoms with E-state index in [0.29, 0.717) is 77.5 Å². The van der Waals surface area contributed by atoms with Gasteiger partial charge in [-0.05, 0) is 71.9 Å². The first-order valence-corrected chi connectivity index (χ1v) is 22.4. The fraction of sp³-hybridized carbons (Fsp3) is 0.217. The van der Waals surface area contributed by atoms with Crippen LogP contribution in [0, 0.1) is 5.82 Å². The van der Waals surface area contributed by atoms with Gasteiger partial charge in [0.15, 0.2) is 5.82 Å². The first-order valence-electron chi connectivity index (χ1n) is 20.1. The number of carbonyl (C=O) groups is 2. The number of nitrogens with zero attached hydrogens (tertiary/aromatic N) is 6. The molecular formula is C46H38ClFN6O8S2. The molecule has 4 heterocycles. The molecule has 0 aliphatic carbocycles. The zero-order valence-corrected chi connectivity index (χ0v) is 36.5. The number of rotatable bonds is 16. The Labute approximate surface area is 376 Å². The van der Waals surface area contributed by atoms with Crippen LogP contribution in [0.25, 0.3) is 53.2 Å². The molecule has 1 N–H and O–H groups in total. The summed E-state index contributed by atoms with van der Waals surface area (Å²) in [4.78, 5) is 47.1. The molecule has 0 radical (unpaired) electrons. The number of benzene rings is 5. The van der Waals surface area contributed by atoms with Crippen molar-refractivity contribution in [3.05, 3.63) is 120 Å². The largest absolute Gasteiger partial charge is 0.491 e. The number of hydrogen-bond acceptors (Lipinski definition) is 14. The molecule has 14 nitrogen and oxygen atoms in total. The standard InChI is InChI=1S/C46H38ClFN6O8S2/c1-53-15-17-54(18-16-53)19-20-59-36-12-11-33-38(41(36)47)34-23-29(48)9-10-32(34)42-39(33)40-44(50-25-51-45(40)63-42)62-37(46(56)57)22-27-5-2-3-8-35(27)60-24-30-13-14-49-43(52-30)28-6-4-7-31(21-28)64(58)61-26-55/h2-14,21,23,25-26,37H,15-20,22,24H2,1H3,(H,56,57)/t37-,64?/m1/s1. The smallest absolute Gasteiger partial charge is 0.345 e. The van der Waals surface area contributed by atoms with Crippen LogP contribution in [-0.4, -0.2) is 104 Å². The molecule has 18 heteroatoms. The van der Waals surface area contributed by atoms with Gasteiger partial charge >= 0.3 is 12.4 Å². The first kappa shape index (κ1) is 42.9. The number of carbonyl (C=O) groups excluding carboxylic acids is 1. The summed E-state index contributed by atoms with van der Waals surface area (Å²) in [6.07, 6.45) is 1.39.